The first kappa shape index (κ1) is 14.8. The molecule has 96 valence electrons. The molecule has 0 bridgehead atoms. The number of rotatable bonds is 6. The summed E-state index contributed by atoms with van der Waals surface area (Å²) in [5.41, 5.74) is 1.06. The molecule has 1 aromatic rings. The van der Waals surface area contributed by atoms with Crippen molar-refractivity contribution in [2.75, 3.05) is 5.75 Å². The van der Waals surface area contributed by atoms with Gasteiger partial charge in [-0.1, -0.05) is 39.3 Å². The van der Waals surface area contributed by atoms with Crippen molar-refractivity contribution < 1.29 is 0 Å². The van der Waals surface area contributed by atoms with Gasteiger partial charge in [0.15, 0.2) is 0 Å². The fourth-order valence-corrected chi connectivity index (χ4v) is 2.61. The van der Waals surface area contributed by atoms with E-state index in [1.807, 2.05) is 17.8 Å². The molecule has 17 heavy (non-hydrogen) atoms. The lowest BCUT2D eigenvalue weighted by atomic mass is 10.1. The summed E-state index contributed by atoms with van der Waals surface area (Å²) in [6, 6.07) is 1.87. The third-order valence-electron chi connectivity index (χ3n) is 2.09. The molecule has 0 saturated carbocycles. The van der Waals surface area contributed by atoms with E-state index in [-0.39, 0.29) is 0 Å². The lowest BCUT2D eigenvalue weighted by Gasteiger charge is -2.08. The van der Waals surface area contributed by atoms with Gasteiger partial charge in [0.2, 0.25) is 0 Å². The highest BCUT2D eigenvalue weighted by Gasteiger charge is 2.06. The van der Waals surface area contributed by atoms with Gasteiger partial charge in [-0.25, -0.2) is 9.97 Å². The Morgan fingerprint density at radius 1 is 1.18 bits per heavy atom. The number of nitrogens with zero attached hydrogens (tertiary/aromatic N) is 2. The summed E-state index contributed by atoms with van der Waals surface area (Å²) in [5.74, 6) is 4.14. The van der Waals surface area contributed by atoms with E-state index < -0.39 is 0 Å². The maximum atomic E-state index is 6.01. The second kappa shape index (κ2) is 7.22. The van der Waals surface area contributed by atoms with Crippen LogP contribution in [0.25, 0.3) is 0 Å². The van der Waals surface area contributed by atoms with Crippen LogP contribution >= 0.6 is 23.4 Å². The molecule has 1 heterocycles. The molecular weight excluding hydrogens is 252 g/mol. The van der Waals surface area contributed by atoms with Crippen LogP contribution in [0.3, 0.4) is 0 Å². The predicted molar refractivity (Wildman–Crippen MR) is 76.6 cm³/mol. The summed E-state index contributed by atoms with van der Waals surface area (Å²) in [4.78, 5) is 8.83. The van der Waals surface area contributed by atoms with E-state index in [4.69, 9.17) is 11.6 Å². The molecule has 0 amide bonds. The zero-order valence-electron chi connectivity index (χ0n) is 11.0. The first-order valence-electron chi connectivity index (χ1n) is 6.07. The van der Waals surface area contributed by atoms with Crippen molar-refractivity contribution in [3.05, 3.63) is 22.7 Å². The lowest BCUT2D eigenvalue weighted by Crippen LogP contribution is -2.03. The molecule has 0 aromatic carbocycles. The van der Waals surface area contributed by atoms with Crippen LogP contribution in [0.15, 0.2) is 6.07 Å². The van der Waals surface area contributed by atoms with Crippen molar-refractivity contribution in [3.8, 4) is 0 Å². The van der Waals surface area contributed by atoms with Gasteiger partial charge in [-0.3, -0.25) is 0 Å². The largest absolute Gasteiger partial charge is 0.237 e. The van der Waals surface area contributed by atoms with E-state index in [0.29, 0.717) is 17.0 Å². The molecule has 0 aliphatic carbocycles. The first-order chi connectivity index (χ1) is 7.97. The maximum absolute atomic E-state index is 6.01. The Morgan fingerprint density at radius 2 is 1.88 bits per heavy atom. The third-order valence-corrected chi connectivity index (χ3v) is 3.65. The van der Waals surface area contributed by atoms with Crippen molar-refractivity contribution in [2.45, 2.75) is 39.9 Å². The molecule has 0 unspecified atom stereocenters. The van der Waals surface area contributed by atoms with Crippen molar-refractivity contribution in [2.24, 2.45) is 11.8 Å². The first-order valence-corrected chi connectivity index (χ1v) is 7.60. The maximum Gasteiger partial charge on any atom is 0.140 e. The SMILES string of the molecule is CC(C)CSCc1nc(Cl)cc(CC(C)C)n1. The number of hydrogen-bond donors (Lipinski definition) is 0. The van der Waals surface area contributed by atoms with Gasteiger partial charge in [0.25, 0.3) is 0 Å². The topological polar surface area (TPSA) is 25.8 Å². The van der Waals surface area contributed by atoms with Crippen LogP contribution in [0.2, 0.25) is 5.15 Å². The second-order valence-corrected chi connectivity index (χ2v) is 6.52. The Hall–Kier alpha value is -0.280. The molecule has 0 radical (unpaired) electrons. The van der Waals surface area contributed by atoms with Crippen molar-refractivity contribution in [1.82, 2.24) is 9.97 Å². The molecule has 0 spiro atoms. The highest BCUT2D eigenvalue weighted by Crippen LogP contribution is 2.16. The highest BCUT2D eigenvalue weighted by molar-refractivity contribution is 7.98. The van der Waals surface area contributed by atoms with E-state index in [0.717, 1.165) is 29.4 Å². The Labute approximate surface area is 114 Å². The molecule has 1 rings (SSSR count). The fraction of sp³-hybridized carbons (Fsp3) is 0.692. The summed E-state index contributed by atoms with van der Waals surface area (Å²) >= 11 is 7.88. The van der Waals surface area contributed by atoms with Gasteiger partial charge in [-0.15, -0.1) is 0 Å². The molecule has 0 N–H and O–H groups in total. The standard InChI is InChI=1S/C13H21ClN2S/c1-9(2)5-11-6-12(14)16-13(15-11)8-17-7-10(3)4/h6,9-10H,5,7-8H2,1-4H3. The minimum Gasteiger partial charge on any atom is -0.237 e. The quantitative estimate of drug-likeness (QED) is 0.725. The second-order valence-electron chi connectivity index (χ2n) is 5.11. The summed E-state index contributed by atoms with van der Waals surface area (Å²) in [6.07, 6.45) is 0.962. The molecule has 0 aliphatic heterocycles. The highest BCUT2D eigenvalue weighted by atomic mass is 35.5. The molecule has 2 nitrogen and oxygen atoms in total. The molecule has 0 atom stereocenters. The van der Waals surface area contributed by atoms with Gasteiger partial charge in [0, 0.05) is 5.69 Å². The van der Waals surface area contributed by atoms with Crippen LogP contribution in [-0.4, -0.2) is 15.7 Å². The Balaban J connectivity index is 2.62. The third kappa shape index (κ3) is 6.27. The fourth-order valence-electron chi connectivity index (χ4n) is 1.49. The Bertz CT molecular complexity index is 353. The van der Waals surface area contributed by atoms with E-state index in [1.165, 1.54) is 0 Å². The number of thioether (sulfide) groups is 1. The van der Waals surface area contributed by atoms with E-state index in [1.54, 1.807) is 0 Å². The van der Waals surface area contributed by atoms with Crippen molar-refractivity contribution in [1.29, 1.82) is 0 Å². The summed E-state index contributed by atoms with van der Waals surface area (Å²) in [6.45, 7) is 8.80. The summed E-state index contributed by atoms with van der Waals surface area (Å²) in [7, 11) is 0. The van der Waals surface area contributed by atoms with Crippen LogP contribution in [0.5, 0.6) is 0 Å². The van der Waals surface area contributed by atoms with Crippen LogP contribution in [0, 0.1) is 11.8 Å². The van der Waals surface area contributed by atoms with Gasteiger partial charge in [-0.2, -0.15) is 11.8 Å². The Morgan fingerprint density at radius 3 is 2.47 bits per heavy atom. The van der Waals surface area contributed by atoms with Crippen molar-refractivity contribution >= 4 is 23.4 Å². The monoisotopic (exact) mass is 272 g/mol. The van der Waals surface area contributed by atoms with Gasteiger partial charge in [0.1, 0.15) is 11.0 Å². The minimum atomic E-state index is 0.566. The van der Waals surface area contributed by atoms with Crippen LogP contribution in [-0.2, 0) is 12.2 Å². The van der Waals surface area contributed by atoms with Gasteiger partial charge >= 0.3 is 0 Å². The molecule has 0 aliphatic rings. The molecular formula is C13H21ClN2S. The van der Waals surface area contributed by atoms with E-state index in [2.05, 4.69) is 37.7 Å². The average Bonchev–Trinajstić information content (AvgIpc) is 2.14. The zero-order chi connectivity index (χ0) is 12.8. The average molecular weight is 273 g/mol. The summed E-state index contributed by atoms with van der Waals surface area (Å²) < 4.78 is 0. The van der Waals surface area contributed by atoms with Gasteiger partial charge in [-0.05, 0) is 30.1 Å². The molecule has 0 saturated heterocycles. The minimum absolute atomic E-state index is 0.566. The van der Waals surface area contributed by atoms with Gasteiger partial charge in [0.05, 0.1) is 5.75 Å². The molecule has 0 fully saturated rings. The lowest BCUT2D eigenvalue weighted by molar-refractivity contribution is 0.632. The zero-order valence-corrected chi connectivity index (χ0v) is 12.6. The van der Waals surface area contributed by atoms with Crippen LogP contribution < -0.4 is 0 Å². The summed E-state index contributed by atoms with van der Waals surface area (Å²) in [5, 5.41) is 0.566. The normalized spacial score (nSPS) is 11.5. The molecule has 4 heteroatoms. The number of halogens is 1. The Kier molecular flexibility index (Phi) is 6.28. The van der Waals surface area contributed by atoms with Crippen molar-refractivity contribution in [3.63, 3.8) is 0 Å². The van der Waals surface area contributed by atoms with E-state index >= 15 is 0 Å². The van der Waals surface area contributed by atoms with Gasteiger partial charge < -0.3 is 0 Å². The number of hydrogen-bond acceptors (Lipinski definition) is 3. The predicted octanol–water partition coefficient (Wildman–Crippen LogP) is 4.22. The van der Waals surface area contributed by atoms with E-state index in [9.17, 15) is 0 Å². The molecule has 1 aromatic heterocycles. The smallest absolute Gasteiger partial charge is 0.140 e. The number of aromatic nitrogens is 2. The van der Waals surface area contributed by atoms with Crippen LogP contribution in [0.4, 0.5) is 0 Å². The van der Waals surface area contributed by atoms with Crippen LogP contribution in [0.1, 0.15) is 39.2 Å².